The van der Waals surface area contributed by atoms with Crippen molar-refractivity contribution in [2.75, 3.05) is 5.32 Å². The van der Waals surface area contributed by atoms with Gasteiger partial charge in [0.1, 0.15) is 0 Å². The molecule has 21 heavy (non-hydrogen) atoms. The number of pyridine rings is 1. The van der Waals surface area contributed by atoms with Crippen molar-refractivity contribution in [1.29, 1.82) is 0 Å². The minimum absolute atomic E-state index is 0.0502. The molecule has 0 fully saturated rings. The Morgan fingerprint density at radius 3 is 3.05 bits per heavy atom. The number of rotatable bonds is 3. The van der Waals surface area contributed by atoms with Crippen molar-refractivity contribution in [3.63, 3.8) is 0 Å². The van der Waals surface area contributed by atoms with E-state index in [9.17, 15) is 4.79 Å². The average Bonchev–Trinajstić information content (AvgIpc) is 2.84. The average molecular weight is 317 g/mol. The number of hydrogen-bond donors (Lipinski definition) is 1. The maximum atomic E-state index is 12.2. The van der Waals surface area contributed by atoms with Crippen LogP contribution in [-0.4, -0.2) is 10.9 Å². The molecule has 0 aliphatic rings. The third-order valence-electron chi connectivity index (χ3n) is 3.28. The van der Waals surface area contributed by atoms with Crippen LogP contribution in [-0.2, 0) is 11.2 Å². The summed E-state index contributed by atoms with van der Waals surface area (Å²) in [5.74, 6) is -0.0502. The lowest BCUT2D eigenvalue weighted by Gasteiger charge is -2.07. The summed E-state index contributed by atoms with van der Waals surface area (Å²) in [5.41, 5.74) is 2.74. The number of hydrogen-bond acceptors (Lipinski definition) is 3. The Labute approximate surface area is 131 Å². The number of benzene rings is 1. The molecule has 0 spiro atoms. The summed E-state index contributed by atoms with van der Waals surface area (Å²) in [4.78, 5) is 16.2. The predicted molar refractivity (Wildman–Crippen MR) is 88.1 cm³/mol. The van der Waals surface area contributed by atoms with Crippen molar-refractivity contribution in [3.8, 4) is 0 Å². The van der Waals surface area contributed by atoms with Crippen molar-refractivity contribution >= 4 is 44.6 Å². The zero-order chi connectivity index (χ0) is 14.8. The Kier molecular flexibility index (Phi) is 3.90. The van der Waals surface area contributed by atoms with Gasteiger partial charge in [0.25, 0.3) is 0 Å². The van der Waals surface area contributed by atoms with Crippen LogP contribution in [0.15, 0.2) is 42.0 Å². The molecule has 1 N–H and O–H groups in total. The van der Waals surface area contributed by atoms with Gasteiger partial charge in [0, 0.05) is 15.9 Å². The lowest BCUT2D eigenvalue weighted by Crippen LogP contribution is -2.15. The van der Waals surface area contributed by atoms with E-state index in [-0.39, 0.29) is 5.91 Å². The molecule has 1 amide bonds. The van der Waals surface area contributed by atoms with Gasteiger partial charge < -0.3 is 5.32 Å². The summed E-state index contributed by atoms with van der Waals surface area (Å²) in [7, 11) is 0. The minimum Gasteiger partial charge on any atom is -0.324 e. The first kappa shape index (κ1) is 14.0. The minimum atomic E-state index is -0.0502. The lowest BCUT2D eigenvalue weighted by molar-refractivity contribution is -0.115. The highest BCUT2D eigenvalue weighted by atomic mass is 35.5. The molecule has 106 valence electrons. The molecule has 0 atom stereocenters. The molecule has 2 aromatic heterocycles. The van der Waals surface area contributed by atoms with Gasteiger partial charge in [-0.25, -0.2) is 0 Å². The van der Waals surface area contributed by atoms with Gasteiger partial charge in [-0.3, -0.25) is 9.78 Å². The number of carbonyl (C=O) groups excluding carboxylic acids is 1. The van der Waals surface area contributed by atoms with Gasteiger partial charge in [0.05, 0.1) is 18.3 Å². The molecule has 3 rings (SSSR count). The highest BCUT2D eigenvalue weighted by molar-refractivity contribution is 7.17. The van der Waals surface area contributed by atoms with Crippen LogP contribution in [0.2, 0.25) is 5.02 Å². The number of nitrogens with zero attached hydrogens (tertiary/aromatic N) is 1. The predicted octanol–water partition coefficient (Wildman–Crippen LogP) is 4.44. The van der Waals surface area contributed by atoms with Crippen LogP contribution >= 0.6 is 22.9 Å². The molecule has 0 bridgehead atoms. The summed E-state index contributed by atoms with van der Waals surface area (Å²) in [6.07, 6.45) is 3.70. The van der Waals surface area contributed by atoms with E-state index in [0.29, 0.717) is 11.4 Å². The molecule has 0 radical (unpaired) electrons. The number of aryl methyl sites for hydroxylation is 1. The van der Waals surface area contributed by atoms with Gasteiger partial charge in [-0.15, -0.1) is 11.3 Å². The van der Waals surface area contributed by atoms with E-state index < -0.39 is 0 Å². The van der Waals surface area contributed by atoms with Crippen LogP contribution in [0.1, 0.15) is 11.1 Å². The second-order valence-corrected chi connectivity index (χ2v) is 6.16. The SMILES string of the molecule is Cc1ccncc1NC(=O)Cc1csc2ccc(Cl)cc12. The number of halogens is 1. The van der Waals surface area contributed by atoms with Crippen molar-refractivity contribution in [3.05, 3.63) is 58.2 Å². The van der Waals surface area contributed by atoms with Gasteiger partial charge in [0.2, 0.25) is 5.91 Å². The molecule has 0 aliphatic carbocycles. The molecule has 0 unspecified atom stereocenters. The molecule has 0 saturated carbocycles. The third-order valence-corrected chi connectivity index (χ3v) is 4.53. The fourth-order valence-corrected chi connectivity index (χ4v) is 3.27. The Morgan fingerprint density at radius 2 is 2.24 bits per heavy atom. The van der Waals surface area contributed by atoms with E-state index in [1.807, 2.05) is 36.6 Å². The zero-order valence-corrected chi connectivity index (χ0v) is 13.0. The second-order valence-electron chi connectivity index (χ2n) is 4.82. The lowest BCUT2D eigenvalue weighted by atomic mass is 10.1. The topological polar surface area (TPSA) is 42.0 Å². The summed E-state index contributed by atoms with van der Waals surface area (Å²) < 4.78 is 1.14. The fraction of sp³-hybridized carbons (Fsp3) is 0.125. The van der Waals surface area contributed by atoms with Crippen LogP contribution in [0.5, 0.6) is 0 Å². The van der Waals surface area contributed by atoms with E-state index in [4.69, 9.17) is 11.6 Å². The van der Waals surface area contributed by atoms with Crippen LogP contribution in [0.4, 0.5) is 5.69 Å². The summed E-state index contributed by atoms with van der Waals surface area (Å²) >= 11 is 7.65. The van der Waals surface area contributed by atoms with Gasteiger partial charge >= 0.3 is 0 Å². The highest BCUT2D eigenvalue weighted by Crippen LogP contribution is 2.29. The summed E-state index contributed by atoms with van der Waals surface area (Å²) in [5, 5.41) is 6.64. The first-order valence-corrected chi connectivity index (χ1v) is 7.75. The molecular weight excluding hydrogens is 304 g/mol. The monoisotopic (exact) mass is 316 g/mol. The first-order valence-electron chi connectivity index (χ1n) is 6.49. The smallest absolute Gasteiger partial charge is 0.228 e. The van der Waals surface area contributed by atoms with Crippen molar-refractivity contribution in [1.82, 2.24) is 4.98 Å². The quantitative estimate of drug-likeness (QED) is 0.776. The number of aromatic nitrogens is 1. The van der Waals surface area contributed by atoms with E-state index in [2.05, 4.69) is 10.3 Å². The molecule has 0 saturated heterocycles. The maximum absolute atomic E-state index is 12.2. The molecule has 0 aliphatic heterocycles. The van der Waals surface area contributed by atoms with E-state index in [0.717, 1.165) is 26.9 Å². The Bertz CT molecular complexity index is 813. The Balaban J connectivity index is 1.80. The van der Waals surface area contributed by atoms with Crippen LogP contribution in [0.25, 0.3) is 10.1 Å². The second kappa shape index (κ2) is 5.84. The normalized spacial score (nSPS) is 10.8. The number of nitrogens with one attached hydrogen (secondary N) is 1. The molecule has 5 heteroatoms. The number of thiophene rings is 1. The van der Waals surface area contributed by atoms with E-state index >= 15 is 0 Å². The molecule has 1 aromatic carbocycles. The number of amides is 1. The zero-order valence-electron chi connectivity index (χ0n) is 11.4. The molecule has 3 aromatic rings. The summed E-state index contributed by atoms with van der Waals surface area (Å²) in [6.45, 7) is 1.94. The van der Waals surface area contributed by atoms with E-state index in [1.54, 1.807) is 23.7 Å². The van der Waals surface area contributed by atoms with Gasteiger partial charge in [-0.2, -0.15) is 0 Å². The number of fused-ring (bicyclic) bond motifs is 1. The fourth-order valence-electron chi connectivity index (χ4n) is 2.15. The Hall–Kier alpha value is -1.91. The van der Waals surface area contributed by atoms with Crippen molar-refractivity contribution in [2.45, 2.75) is 13.3 Å². The van der Waals surface area contributed by atoms with Gasteiger partial charge in [0.15, 0.2) is 0 Å². The third kappa shape index (κ3) is 3.06. The highest BCUT2D eigenvalue weighted by Gasteiger charge is 2.10. The van der Waals surface area contributed by atoms with Crippen LogP contribution in [0.3, 0.4) is 0 Å². The van der Waals surface area contributed by atoms with Gasteiger partial charge in [-0.05, 0) is 53.1 Å². The number of anilines is 1. The molecule has 2 heterocycles. The van der Waals surface area contributed by atoms with Crippen LogP contribution < -0.4 is 5.32 Å². The standard InChI is InChI=1S/C16H13ClN2OS/c1-10-4-5-18-8-14(10)19-16(20)6-11-9-21-15-3-2-12(17)7-13(11)15/h2-5,7-9H,6H2,1H3,(H,19,20). The number of carbonyl (C=O) groups is 1. The summed E-state index contributed by atoms with van der Waals surface area (Å²) in [6, 6.07) is 7.62. The first-order chi connectivity index (χ1) is 10.1. The largest absolute Gasteiger partial charge is 0.324 e. The van der Waals surface area contributed by atoms with Crippen LogP contribution in [0, 0.1) is 6.92 Å². The molecule has 3 nitrogen and oxygen atoms in total. The van der Waals surface area contributed by atoms with Crippen molar-refractivity contribution in [2.24, 2.45) is 0 Å². The Morgan fingerprint density at radius 1 is 1.38 bits per heavy atom. The van der Waals surface area contributed by atoms with Gasteiger partial charge in [-0.1, -0.05) is 11.6 Å². The molecular formula is C16H13ClN2OS. The van der Waals surface area contributed by atoms with Crippen molar-refractivity contribution < 1.29 is 4.79 Å². The van der Waals surface area contributed by atoms with E-state index in [1.165, 1.54) is 0 Å². The maximum Gasteiger partial charge on any atom is 0.228 e.